The van der Waals surface area contributed by atoms with E-state index in [0.717, 1.165) is 10.6 Å². The van der Waals surface area contributed by atoms with Crippen molar-refractivity contribution in [3.05, 3.63) is 57.1 Å². The summed E-state index contributed by atoms with van der Waals surface area (Å²) in [5.41, 5.74) is 2.41. The number of nitrogens with zero attached hydrogens (tertiary/aromatic N) is 3. The molecule has 0 aliphatic heterocycles. The number of carbonyl (C=O) groups excluding carboxylic acids is 1. The lowest BCUT2D eigenvalue weighted by Gasteiger charge is -2.21. The quantitative estimate of drug-likeness (QED) is 0.336. The Morgan fingerprint density at radius 2 is 1.87 bits per heavy atom. The van der Waals surface area contributed by atoms with E-state index in [1.807, 2.05) is 0 Å². The van der Waals surface area contributed by atoms with Gasteiger partial charge in [0, 0.05) is 11.6 Å². The van der Waals surface area contributed by atoms with Crippen molar-refractivity contribution in [3.8, 4) is 11.5 Å². The summed E-state index contributed by atoms with van der Waals surface area (Å²) >= 11 is 6.04. The number of hydrazone groups is 1. The summed E-state index contributed by atoms with van der Waals surface area (Å²) in [5.74, 6) is -0.314. The van der Waals surface area contributed by atoms with Crippen LogP contribution in [0.15, 0.2) is 41.5 Å². The van der Waals surface area contributed by atoms with E-state index in [1.165, 1.54) is 56.8 Å². The maximum absolute atomic E-state index is 12.2. The Kier molecular flexibility index (Phi) is 7.78. The number of benzene rings is 2. The smallest absolute Gasteiger partial charge is 0.311 e. The van der Waals surface area contributed by atoms with Crippen molar-refractivity contribution in [1.29, 1.82) is 0 Å². The van der Waals surface area contributed by atoms with Crippen LogP contribution in [-0.2, 0) is 14.8 Å². The van der Waals surface area contributed by atoms with Gasteiger partial charge in [0.2, 0.25) is 10.0 Å². The normalized spacial score (nSPS) is 11.2. The number of halogens is 1. The van der Waals surface area contributed by atoms with Crippen molar-refractivity contribution in [3.63, 3.8) is 0 Å². The Morgan fingerprint density at radius 1 is 1.23 bits per heavy atom. The van der Waals surface area contributed by atoms with E-state index in [2.05, 4.69) is 10.5 Å². The van der Waals surface area contributed by atoms with Gasteiger partial charge in [0.25, 0.3) is 5.91 Å². The first kappa shape index (κ1) is 23.9. The standard InChI is InChI=1S/C18H19ClN4O7S/c1-29-16-7-5-13(9-14(16)19)22(31(3,27)28)11-18(24)21-20-10-12-4-6-17(30-2)15(8-12)23(25)26/h4-10H,11H2,1-3H3,(H,21,24)/b20-10-. The molecule has 2 aromatic carbocycles. The molecule has 0 saturated carbocycles. The van der Waals surface area contributed by atoms with Crippen molar-refractivity contribution in [2.45, 2.75) is 0 Å². The molecule has 0 aliphatic carbocycles. The molecule has 0 unspecified atom stereocenters. The number of nitro benzene ring substituents is 1. The molecule has 2 rings (SSSR count). The lowest BCUT2D eigenvalue weighted by atomic mass is 10.2. The van der Waals surface area contributed by atoms with Crippen LogP contribution in [0.25, 0.3) is 0 Å². The van der Waals surface area contributed by atoms with Gasteiger partial charge in [-0.2, -0.15) is 5.10 Å². The van der Waals surface area contributed by atoms with Crippen LogP contribution in [0.5, 0.6) is 11.5 Å². The molecule has 0 bridgehead atoms. The second-order valence-electron chi connectivity index (χ2n) is 6.07. The number of hydrogen-bond donors (Lipinski definition) is 1. The number of anilines is 1. The van der Waals surface area contributed by atoms with Crippen LogP contribution in [0.1, 0.15) is 5.56 Å². The van der Waals surface area contributed by atoms with Gasteiger partial charge in [0.05, 0.1) is 42.3 Å². The van der Waals surface area contributed by atoms with Crippen molar-refractivity contribution in [2.75, 3.05) is 31.3 Å². The third kappa shape index (κ3) is 6.30. The SMILES string of the molecule is COc1ccc(N(CC(=O)N/N=C\c2ccc(OC)c([N+](=O)[O-])c2)S(C)(=O)=O)cc1Cl. The highest BCUT2D eigenvalue weighted by Crippen LogP contribution is 2.30. The number of sulfonamides is 1. The number of methoxy groups -OCH3 is 2. The number of hydrogen-bond acceptors (Lipinski definition) is 8. The first-order valence-electron chi connectivity index (χ1n) is 8.52. The third-order valence-corrected chi connectivity index (χ3v) is 5.35. The number of ether oxygens (including phenoxy) is 2. The maximum atomic E-state index is 12.2. The predicted octanol–water partition coefficient (Wildman–Crippen LogP) is 2.18. The Labute approximate surface area is 183 Å². The van der Waals surface area contributed by atoms with E-state index in [-0.39, 0.29) is 22.1 Å². The van der Waals surface area contributed by atoms with Crippen LogP contribution in [0.4, 0.5) is 11.4 Å². The Hall–Kier alpha value is -3.38. The first-order chi connectivity index (χ1) is 14.6. The zero-order chi connectivity index (χ0) is 23.2. The van der Waals surface area contributed by atoms with Crippen LogP contribution in [0, 0.1) is 10.1 Å². The molecule has 0 radical (unpaired) electrons. The van der Waals surface area contributed by atoms with E-state index < -0.39 is 27.4 Å². The number of rotatable bonds is 9. The second kappa shape index (κ2) is 10.1. The fraction of sp³-hybridized carbons (Fsp3) is 0.222. The van der Waals surface area contributed by atoms with Crippen molar-refractivity contribution < 1.29 is 27.6 Å². The van der Waals surface area contributed by atoms with E-state index in [4.69, 9.17) is 21.1 Å². The van der Waals surface area contributed by atoms with E-state index in [1.54, 1.807) is 0 Å². The van der Waals surface area contributed by atoms with Gasteiger partial charge in [0.15, 0.2) is 5.75 Å². The molecule has 0 aromatic heterocycles. The Balaban J connectivity index is 2.14. The van der Waals surface area contributed by atoms with E-state index >= 15 is 0 Å². The molecule has 0 heterocycles. The molecule has 0 spiro atoms. The minimum atomic E-state index is -3.82. The molecular formula is C18H19ClN4O7S. The first-order valence-corrected chi connectivity index (χ1v) is 10.7. The third-order valence-electron chi connectivity index (χ3n) is 3.91. The maximum Gasteiger partial charge on any atom is 0.311 e. The zero-order valence-electron chi connectivity index (χ0n) is 16.7. The van der Waals surface area contributed by atoms with Crippen LogP contribution < -0.4 is 19.2 Å². The van der Waals surface area contributed by atoms with Crippen molar-refractivity contribution in [2.24, 2.45) is 5.10 Å². The fourth-order valence-corrected chi connectivity index (χ4v) is 3.59. The zero-order valence-corrected chi connectivity index (χ0v) is 18.3. The van der Waals surface area contributed by atoms with Crippen LogP contribution in [0.2, 0.25) is 5.02 Å². The summed E-state index contributed by atoms with van der Waals surface area (Å²) in [6, 6.07) is 8.39. The van der Waals surface area contributed by atoms with Crippen LogP contribution in [0.3, 0.4) is 0 Å². The van der Waals surface area contributed by atoms with Crippen molar-refractivity contribution >= 4 is 45.1 Å². The highest BCUT2D eigenvalue weighted by molar-refractivity contribution is 7.92. The van der Waals surface area contributed by atoms with Gasteiger partial charge in [-0.1, -0.05) is 11.6 Å². The topological polar surface area (TPSA) is 140 Å². The van der Waals surface area contributed by atoms with Gasteiger partial charge < -0.3 is 9.47 Å². The Bertz CT molecular complexity index is 1120. The molecule has 1 N–H and O–H groups in total. The molecule has 1 amide bonds. The molecule has 166 valence electrons. The van der Waals surface area contributed by atoms with Gasteiger partial charge in [0.1, 0.15) is 12.3 Å². The largest absolute Gasteiger partial charge is 0.495 e. The monoisotopic (exact) mass is 470 g/mol. The summed E-state index contributed by atoms with van der Waals surface area (Å²) in [5, 5.41) is 15.0. The Morgan fingerprint density at radius 3 is 2.42 bits per heavy atom. The molecule has 0 aliphatic rings. The minimum absolute atomic E-state index is 0.0770. The summed E-state index contributed by atoms with van der Waals surface area (Å²) in [4.78, 5) is 22.7. The van der Waals surface area contributed by atoms with Gasteiger partial charge >= 0.3 is 5.69 Å². The second-order valence-corrected chi connectivity index (χ2v) is 8.38. The number of carbonyl (C=O) groups is 1. The van der Waals surface area contributed by atoms with Gasteiger partial charge in [-0.25, -0.2) is 13.8 Å². The predicted molar refractivity (Wildman–Crippen MR) is 116 cm³/mol. The average Bonchev–Trinajstić information content (AvgIpc) is 2.71. The van der Waals surface area contributed by atoms with E-state index in [0.29, 0.717) is 11.3 Å². The fourth-order valence-electron chi connectivity index (χ4n) is 2.49. The van der Waals surface area contributed by atoms with Crippen molar-refractivity contribution in [1.82, 2.24) is 5.43 Å². The highest BCUT2D eigenvalue weighted by atomic mass is 35.5. The molecular weight excluding hydrogens is 452 g/mol. The number of amides is 1. The molecule has 11 nitrogen and oxygen atoms in total. The minimum Gasteiger partial charge on any atom is -0.495 e. The molecule has 13 heteroatoms. The molecule has 0 atom stereocenters. The molecule has 31 heavy (non-hydrogen) atoms. The summed E-state index contributed by atoms with van der Waals surface area (Å²) in [6.45, 7) is -0.568. The van der Waals surface area contributed by atoms with Crippen LogP contribution >= 0.6 is 11.6 Å². The van der Waals surface area contributed by atoms with Crippen LogP contribution in [-0.4, -0.2) is 52.5 Å². The molecule has 0 fully saturated rings. The summed E-state index contributed by atoms with van der Waals surface area (Å²) < 4.78 is 35.1. The lowest BCUT2D eigenvalue weighted by molar-refractivity contribution is -0.385. The number of nitro groups is 1. The van der Waals surface area contributed by atoms with E-state index in [9.17, 15) is 23.3 Å². The lowest BCUT2D eigenvalue weighted by Crippen LogP contribution is -2.39. The summed E-state index contributed by atoms with van der Waals surface area (Å²) in [7, 11) is -1.10. The number of nitrogens with one attached hydrogen (secondary N) is 1. The van der Waals surface area contributed by atoms with Gasteiger partial charge in [-0.05, 0) is 30.3 Å². The van der Waals surface area contributed by atoms with Gasteiger partial charge in [-0.15, -0.1) is 0 Å². The van der Waals surface area contributed by atoms with Gasteiger partial charge in [-0.3, -0.25) is 19.2 Å². The molecule has 2 aromatic rings. The summed E-state index contributed by atoms with van der Waals surface area (Å²) in [6.07, 6.45) is 2.12. The highest BCUT2D eigenvalue weighted by Gasteiger charge is 2.22. The average molecular weight is 471 g/mol. The molecule has 0 saturated heterocycles.